The van der Waals surface area contributed by atoms with Crippen molar-refractivity contribution in [1.29, 1.82) is 0 Å². The number of pyridine rings is 1. The molecule has 2 heterocycles. The number of rotatable bonds is 6. The third-order valence-corrected chi connectivity index (χ3v) is 3.81. The van der Waals surface area contributed by atoms with E-state index in [0.717, 1.165) is 22.5 Å². The zero-order chi connectivity index (χ0) is 16.9. The fourth-order valence-electron chi connectivity index (χ4n) is 2.61. The molecule has 25 heavy (non-hydrogen) atoms. The summed E-state index contributed by atoms with van der Waals surface area (Å²) in [6, 6.07) is 21.6. The van der Waals surface area contributed by atoms with Crippen molar-refractivity contribution in [2.75, 3.05) is 13.2 Å². The Balaban J connectivity index is 1.37. The van der Waals surface area contributed by atoms with Crippen LogP contribution in [0.15, 0.2) is 79.3 Å². The minimum atomic E-state index is 0.449. The van der Waals surface area contributed by atoms with Crippen LogP contribution in [0.1, 0.15) is 0 Å². The monoisotopic (exact) mass is 331 g/mol. The topological polar surface area (TPSA) is 49.2 Å². The number of benzene rings is 2. The zero-order valence-corrected chi connectivity index (χ0v) is 13.6. The molecule has 4 rings (SSSR count). The Bertz CT molecular complexity index is 950. The standard InChI is InChI=1S/C20H17N3O2/c1-2-6-19-18(5-1)22-15-23(19)16-8-10-17(11-9-16)24-13-14-25-20-7-3-4-12-21-20/h1-12,15H,13-14H2. The van der Waals surface area contributed by atoms with E-state index in [0.29, 0.717) is 19.1 Å². The van der Waals surface area contributed by atoms with Gasteiger partial charge in [0.2, 0.25) is 5.88 Å². The maximum Gasteiger partial charge on any atom is 0.213 e. The SMILES string of the molecule is c1ccc(OCCOc2ccc(-n3cnc4ccccc43)cc2)nc1. The van der Waals surface area contributed by atoms with Gasteiger partial charge in [-0.3, -0.25) is 4.57 Å². The molecule has 0 aliphatic heterocycles. The minimum absolute atomic E-state index is 0.449. The second kappa shape index (κ2) is 7.05. The summed E-state index contributed by atoms with van der Waals surface area (Å²) in [6.45, 7) is 0.912. The van der Waals surface area contributed by atoms with Crippen LogP contribution >= 0.6 is 0 Å². The van der Waals surface area contributed by atoms with Crippen LogP contribution in [0, 0.1) is 0 Å². The summed E-state index contributed by atoms with van der Waals surface area (Å²) in [4.78, 5) is 8.52. The van der Waals surface area contributed by atoms with Crippen LogP contribution in [0.4, 0.5) is 0 Å². The van der Waals surface area contributed by atoms with Crippen LogP contribution in [0.3, 0.4) is 0 Å². The third-order valence-electron chi connectivity index (χ3n) is 3.81. The predicted octanol–water partition coefficient (Wildman–Crippen LogP) is 3.88. The van der Waals surface area contributed by atoms with Gasteiger partial charge in [-0.25, -0.2) is 9.97 Å². The number of nitrogens with zero attached hydrogens (tertiary/aromatic N) is 3. The van der Waals surface area contributed by atoms with Gasteiger partial charge in [0.1, 0.15) is 25.3 Å². The first kappa shape index (κ1) is 15.2. The first-order valence-corrected chi connectivity index (χ1v) is 8.09. The summed E-state index contributed by atoms with van der Waals surface area (Å²) in [5.74, 6) is 1.41. The summed E-state index contributed by atoms with van der Waals surface area (Å²) < 4.78 is 13.3. The van der Waals surface area contributed by atoms with Gasteiger partial charge in [0.25, 0.3) is 0 Å². The highest BCUT2D eigenvalue weighted by atomic mass is 16.5. The summed E-state index contributed by atoms with van der Waals surface area (Å²) in [5.41, 5.74) is 3.11. The largest absolute Gasteiger partial charge is 0.490 e. The molecule has 0 aliphatic rings. The van der Waals surface area contributed by atoms with Crippen molar-refractivity contribution >= 4 is 11.0 Å². The highest BCUT2D eigenvalue weighted by molar-refractivity contribution is 5.77. The van der Waals surface area contributed by atoms with Gasteiger partial charge in [-0.2, -0.15) is 0 Å². The van der Waals surface area contributed by atoms with Crippen LogP contribution in [-0.4, -0.2) is 27.7 Å². The van der Waals surface area contributed by atoms with Crippen LogP contribution in [0.25, 0.3) is 16.7 Å². The molecule has 0 radical (unpaired) electrons. The van der Waals surface area contributed by atoms with Crippen molar-refractivity contribution in [2.24, 2.45) is 0 Å². The van der Waals surface area contributed by atoms with Crippen molar-refractivity contribution in [3.63, 3.8) is 0 Å². The average Bonchev–Trinajstić information content (AvgIpc) is 3.11. The normalized spacial score (nSPS) is 10.7. The lowest BCUT2D eigenvalue weighted by Gasteiger charge is -2.09. The number of hydrogen-bond donors (Lipinski definition) is 0. The van der Waals surface area contributed by atoms with Gasteiger partial charge in [0, 0.05) is 18.0 Å². The number of fused-ring (bicyclic) bond motifs is 1. The molecule has 0 saturated carbocycles. The molecule has 0 aliphatic carbocycles. The molecular weight excluding hydrogens is 314 g/mol. The predicted molar refractivity (Wildman–Crippen MR) is 96.3 cm³/mol. The number of ether oxygens (including phenoxy) is 2. The third kappa shape index (κ3) is 3.45. The van der Waals surface area contributed by atoms with E-state index in [-0.39, 0.29) is 0 Å². The summed E-state index contributed by atoms with van der Waals surface area (Å²) >= 11 is 0. The summed E-state index contributed by atoms with van der Waals surface area (Å²) in [7, 11) is 0. The lowest BCUT2D eigenvalue weighted by molar-refractivity contribution is 0.212. The minimum Gasteiger partial charge on any atom is -0.490 e. The van der Waals surface area contributed by atoms with Gasteiger partial charge in [-0.1, -0.05) is 18.2 Å². The molecule has 0 atom stereocenters. The van der Waals surface area contributed by atoms with Gasteiger partial charge in [0.05, 0.1) is 11.0 Å². The fourth-order valence-corrected chi connectivity index (χ4v) is 2.61. The Kier molecular flexibility index (Phi) is 4.29. The molecule has 0 spiro atoms. The van der Waals surface area contributed by atoms with E-state index in [2.05, 4.69) is 20.6 Å². The lowest BCUT2D eigenvalue weighted by atomic mass is 10.2. The molecule has 124 valence electrons. The van der Waals surface area contributed by atoms with Gasteiger partial charge < -0.3 is 9.47 Å². The molecule has 4 aromatic rings. The van der Waals surface area contributed by atoms with Gasteiger partial charge >= 0.3 is 0 Å². The van der Waals surface area contributed by atoms with Crippen molar-refractivity contribution in [3.05, 3.63) is 79.3 Å². The lowest BCUT2D eigenvalue weighted by Crippen LogP contribution is -2.09. The first-order chi connectivity index (χ1) is 12.4. The smallest absolute Gasteiger partial charge is 0.213 e. The van der Waals surface area contributed by atoms with Crippen molar-refractivity contribution < 1.29 is 9.47 Å². The van der Waals surface area contributed by atoms with E-state index >= 15 is 0 Å². The van der Waals surface area contributed by atoms with Crippen molar-refractivity contribution in [3.8, 4) is 17.3 Å². The van der Waals surface area contributed by atoms with Crippen molar-refractivity contribution in [1.82, 2.24) is 14.5 Å². The van der Waals surface area contributed by atoms with E-state index in [1.165, 1.54) is 0 Å². The summed E-state index contributed by atoms with van der Waals surface area (Å²) in [5, 5.41) is 0. The number of imidazole rings is 1. The number of aromatic nitrogens is 3. The van der Waals surface area contributed by atoms with Crippen LogP contribution in [0.2, 0.25) is 0 Å². The maximum atomic E-state index is 5.71. The Labute approximate surface area is 145 Å². The number of hydrogen-bond acceptors (Lipinski definition) is 4. The Hall–Kier alpha value is -3.34. The molecule has 0 amide bonds. The number of para-hydroxylation sites is 2. The maximum absolute atomic E-state index is 5.71. The molecular formula is C20H17N3O2. The molecule has 0 fully saturated rings. The highest BCUT2D eigenvalue weighted by Crippen LogP contribution is 2.20. The first-order valence-electron chi connectivity index (χ1n) is 8.09. The van der Waals surface area contributed by atoms with E-state index in [9.17, 15) is 0 Å². The van der Waals surface area contributed by atoms with E-state index in [4.69, 9.17) is 9.47 Å². The fraction of sp³-hybridized carbons (Fsp3) is 0.100. The molecule has 0 saturated heterocycles. The van der Waals surface area contributed by atoms with Crippen LogP contribution < -0.4 is 9.47 Å². The van der Waals surface area contributed by atoms with Gasteiger partial charge in [-0.05, 0) is 42.5 Å². The zero-order valence-electron chi connectivity index (χ0n) is 13.6. The molecule has 2 aromatic heterocycles. The molecule has 0 N–H and O–H groups in total. The van der Waals surface area contributed by atoms with E-state index in [1.807, 2.05) is 67.0 Å². The Morgan fingerprint density at radius 3 is 2.40 bits per heavy atom. The molecule has 5 nitrogen and oxygen atoms in total. The quantitative estimate of drug-likeness (QED) is 0.503. The Morgan fingerprint density at radius 1 is 0.760 bits per heavy atom. The second-order valence-corrected chi connectivity index (χ2v) is 5.46. The van der Waals surface area contributed by atoms with Gasteiger partial charge in [0.15, 0.2) is 0 Å². The molecule has 5 heteroatoms. The van der Waals surface area contributed by atoms with E-state index in [1.54, 1.807) is 6.20 Å². The van der Waals surface area contributed by atoms with E-state index < -0.39 is 0 Å². The summed E-state index contributed by atoms with van der Waals surface area (Å²) in [6.07, 6.45) is 3.54. The Morgan fingerprint density at radius 2 is 1.56 bits per heavy atom. The van der Waals surface area contributed by atoms with Crippen LogP contribution in [0.5, 0.6) is 11.6 Å². The van der Waals surface area contributed by atoms with Crippen LogP contribution in [-0.2, 0) is 0 Å². The highest BCUT2D eigenvalue weighted by Gasteiger charge is 2.04. The van der Waals surface area contributed by atoms with Gasteiger partial charge in [-0.15, -0.1) is 0 Å². The second-order valence-electron chi connectivity index (χ2n) is 5.46. The molecule has 0 unspecified atom stereocenters. The molecule has 2 aromatic carbocycles. The average molecular weight is 331 g/mol. The molecule has 0 bridgehead atoms. The van der Waals surface area contributed by atoms with Crippen molar-refractivity contribution in [2.45, 2.75) is 0 Å².